The fourth-order valence-electron chi connectivity index (χ4n) is 8.75. The Morgan fingerprint density at radius 2 is 1.60 bits per heavy atom. The molecule has 5 fully saturated rings. The molecule has 48 heavy (non-hydrogen) atoms. The number of imide groups is 1. The monoisotopic (exact) mass is 658 g/mol. The van der Waals surface area contributed by atoms with Gasteiger partial charge in [0.25, 0.3) is 5.91 Å². The third-order valence-corrected chi connectivity index (χ3v) is 10.7. The molecule has 13 heteroatoms. The largest absolute Gasteiger partial charge is 0.480 e. The van der Waals surface area contributed by atoms with Crippen molar-refractivity contribution in [2.24, 2.45) is 28.9 Å². The van der Waals surface area contributed by atoms with Crippen molar-refractivity contribution < 1.29 is 33.8 Å². The zero-order valence-corrected chi connectivity index (χ0v) is 27.2. The molecule has 1 saturated heterocycles. The van der Waals surface area contributed by atoms with Crippen molar-refractivity contribution in [3.63, 3.8) is 0 Å². The van der Waals surface area contributed by atoms with E-state index in [4.69, 9.17) is 15.9 Å². The molecule has 0 radical (unpaired) electrons. The number of nitrogens with zero attached hydrogens (tertiary/aromatic N) is 3. The van der Waals surface area contributed by atoms with Gasteiger partial charge >= 0.3 is 18.1 Å². The number of urea groups is 1. The number of amides is 5. The van der Waals surface area contributed by atoms with Crippen LogP contribution in [0.5, 0.6) is 0 Å². The molecule has 2 aromatic carbocycles. The van der Waals surface area contributed by atoms with Gasteiger partial charge in [-0.15, -0.1) is 0 Å². The Hall–Kier alpha value is -4.94. The predicted molar refractivity (Wildman–Crippen MR) is 173 cm³/mol. The number of hydrogen-bond acceptors (Lipinski definition) is 7. The number of carboxylic acids is 1. The minimum atomic E-state index is -1.68. The quantitative estimate of drug-likeness (QED) is 0.159. The molecule has 0 spiro atoms. The van der Waals surface area contributed by atoms with E-state index in [1.165, 1.54) is 24.2 Å². The second kappa shape index (κ2) is 12.6. The van der Waals surface area contributed by atoms with Crippen molar-refractivity contribution in [1.82, 2.24) is 20.2 Å². The Kier molecular flexibility index (Phi) is 8.65. The molecule has 0 aromatic heterocycles. The van der Waals surface area contributed by atoms with Crippen LogP contribution in [-0.2, 0) is 31.2 Å². The van der Waals surface area contributed by atoms with E-state index >= 15 is 0 Å². The van der Waals surface area contributed by atoms with Crippen LogP contribution in [0, 0.1) is 28.6 Å². The molecule has 13 nitrogen and oxygen atoms in total. The Labute approximate surface area is 278 Å². The number of carbonyl (C=O) groups excluding carboxylic acids is 4. The lowest BCUT2D eigenvalue weighted by atomic mass is 9.50. The number of carboxylic acid groups (broad SMARTS) is 1. The van der Waals surface area contributed by atoms with Crippen LogP contribution in [0.2, 0.25) is 0 Å². The van der Waals surface area contributed by atoms with Crippen molar-refractivity contribution in [3.8, 4) is 0 Å². The van der Waals surface area contributed by atoms with Crippen LogP contribution in [0.1, 0.15) is 69.1 Å². The minimum absolute atomic E-state index is 0.00409. The van der Waals surface area contributed by atoms with E-state index in [-0.39, 0.29) is 24.4 Å². The van der Waals surface area contributed by atoms with Gasteiger partial charge in [0.05, 0.1) is 13.2 Å². The summed E-state index contributed by atoms with van der Waals surface area (Å²) in [5, 5.41) is 21.6. The molecule has 2 atom stereocenters. The topological polar surface area (TPSA) is 186 Å². The lowest BCUT2D eigenvalue weighted by molar-refractivity contribution is -0.158. The molecular formula is C35H42N6O7. The van der Waals surface area contributed by atoms with Crippen LogP contribution in [0.4, 0.5) is 9.59 Å². The zero-order valence-electron chi connectivity index (χ0n) is 27.2. The third-order valence-electron chi connectivity index (χ3n) is 10.7. The van der Waals surface area contributed by atoms with Crippen LogP contribution >= 0.6 is 0 Å². The number of nitrogens with one attached hydrogen (secondary N) is 2. The minimum Gasteiger partial charge on any atom is -0.480 e. The fourth-order valence-corrected chi connectivity index (χ4v) is 8.75. The zero-order chi connectivity index (χ0) is 34.4. The Bertz CT molecular complexity index is 1590. The second-order valence-corrected chi connectivity index (χ2v) is 14.2. The molecule has 1 aliphatic heterocycles. The first-order valence-electron chi connectivity index (χ1n) is 16.4. The number of ether oxygens (including phenoxy) is 1. The van der Waals surface area contributed by atoms with Crippen LogP contribution in [0.3, 0.4) is 0 Å². The first-order chi connectivity index (χ1) is 22.8. The summed E-state index contributed by atoms with van der Waals surface area (Å²) in [7, 11) is 0. The summed E-state index contributed by atoms with van der Waals surface area (Å²) in [5.74, 6) is -1.26. The average Bonchev–Trinajstić information content (AvgIpc) is 3.22. The molecule has 1 heterocycles. The van der Waals surface area contributed by atoms with Gasteiger partial charge in [-0.25, -0.2) is 19.4 Å². The van der Waals surface area contributed by atoms with Crippen molar-refractivity contribution in [2.75, 3.05) is 13.2 Å². The van der Waals surface area contributed by atoms with Crippen molar-refractivity contribution in [3.05, 3.63) is 71.3 Å². The van der Waals surface area contributed by atoms with E-state index in [2.05, 4.69) is 5.32 Å². The van der Waals surface area contributed by atoms with E-state index in [0.717, 1.165) is 31.2 Å². The Morgan fingerprint density at radius 1 is 1.02 bits per heavy atom. The summed E-state index contributed by atoms with van der Waals surface area (Å²) in [5.41, 5.74) is 5.45. The molecular weight excluding hydrogens is 616 g/mol. The normalized spacial score (nSPS) is 27.9. The Balaban J connectivity index is 1.22. The number of nitrogen functional groups attached to an aromatic ring is 1. The van der Waals surface area contributed by atoms with Crippen LogP contribution in [-0.4, -0.2) is 75.0 Å². The maximum atomic E-state index is 14.3. The number of nitrogens with two attached hydrogens (primary N) is 1. The van der Waals surface area contributed by atoms with E-state index in [1.54, 1.807) is 55.5 Å². The number of hydrazine groups is 1. The summed E-state index contributed by atoms with van der Waals surface area (Å²) in [6, 6.07) is 12.8. The first kappa shape index (κ1) is 33.0. The number of aliphatic carboxylic acids is 1. The molecule has 4 aliphatic carbocycles. The summed E-state index contributed by atoms with van der Waals surface area (Å²) in [6.07, 6.45) is 5.76. The van der Waals surface area contributed by atoms with E-state index in [9.17, 15) is 29.1 Å². The highest BCUT2D eigenvalue weighted by Crippen LogP contribution is 2.60. The molecule has 5 N–H and O–H groups in total. The molecule has 7 rings (SSSR count). The van der Waals surface area contributed by atoms with Gasteiger partial charge in [0.1, 0.15) is 17.4 Å². The maximum absolute atomic E-state index is 14.3. The first-order valence-corrected chi connectivity index (χ1v) is 16.4. The molecule has 4 saturated carbocycles. The lowest BCUT2D eigenvalue weighted by Gasteiger charge is -2.56. The molecule has 5 amide bonds. The van der Waals surface area contributed by atoms with Crippen LogP contribution < -0.4 is 11.1 Å². The maximum Gasteiger partial charge on any atom is 0.407 e. The van der Waals surface area contributed by atoms with Crippen molar-refractivity contribution in [1.29, 1.82) is 5.41 Å². The number of benzene rings is 2. The van der Waals surface area contributed by atoms with Crippen molar-refractivity contribution in [2.45, 2.75) is 70.5 Å². The molecule has 5 aliphatic rings. The fraction of sp³-hybridized carbons (Fsp3) is 0.486. The molecule has 254 valence electrons. The number of rotatable bonds is 11. The van der Waals surface area contributed by atoms with Gasteiger partial charge < -0.3 is 20.9 Å². The highest BCUT2D eigenvalue weighted by molar-refractivity contribution is 6.08. The van der Waals surface area contributed by atoms with E-state index in [1.807, 2.05) is 6.07 Å². The van der Waals surface area contributed by atoms with E-state index < -0.39 is 48.0 Å². The average molecular weight is 659 g/mol. The molecule has 0 unspecified atom stereocenters. The van der Waals surface area contributed by atoms with Gasteiger partial charge in [-0.3, -0.25) is 19.9 Å². The van der Waals surface area contributed by atoms with Gasteiger partial charge in [-0.1, -0.05) is 54.6 Å². The third kappa shape index (κ3) is 6.09. The summed E-state index contributed by atoms with van der Waals surface area (Å²) < 4.78 is 5.62. The molecule has 4 bridgehead atoms. The van der Waals surface area contributed by atoms with E-state index in [0.29, 0.717) is 39.5 Å². The van der Waals surface area contributed by atoms with Gasteiger partial charge in [0.15, 0.2) is 0 Å². The number of alkyl carbamates (subject to hydrolysis) is 1. The Morgan fingerprint density at radius 3 is 2.12 bits per heavy atom. The number of carbonyl (C=O) groups is 5. The lowest BCUT2D eigenvalue weighted by Crippen LogP contribution is -2.57. The van der Waals surface area contributed by atoms with Gasteiger partial charge in [0, 0.05) is 24.4 Å². The van der Waals surface area contributed by atoms with Gasteiger partial charge in [-0.2, -0.15) is 5.01 Å². The summed E-state index contributed by atoms with van der Waals surface area (Å²) in [6.45, 7) is 2.15. The summed E-state index contributed by atoms with van der Waals surface area (Å²) in [4.78, 5) is 68.2. The van der Waals surface area contributed by atoms with Gasteiger partial charge in [0.2, 0.25) is 5.91 Å². The predicted octanol–water partition coefficient (Wildman–Crippen LogP) is 3.81. The second-order valence-electron chi connectivity index (χ2n) is 14.2. The van der Waals surface area contributed by atoms with Gasteiger partial charge in [-0.05, 0) is 74.3 Å². The van der Waals surface area contributed by atoms with Crippen LogP contribution in [0.25, 0.3) is 0 Å². The highest BCUT2D eigenvalue weighted by atomic mass is 16.5. The smallest absolute Gasteiger partial charge is 0.407 e. The number of amidine groups is 1. The van der Waals surface area contributed by atoms with Crippen molar-refractivity contribution >= 4 is 35.7 Å². The van der Waals surface area contributed by atoms with Crippen LogP contribution in [0.15, 0.2) is 54.6 Å². The SMILES string of the molecule is CC(=O)N(C[C@H](NC(=O)OCC12CC3CC(CC(C3)C1)C2)C(=O)O)N1C(=O)N(Cc2ccccc2)[C@@](C)(c2ccc(C(=N)N)cc2)C1=O. The number of hydrogen-bond donors (Lipinski definition) is 4. The summed E-state index contributed by atoms with van der Waals surface area (Å²) >= 11 is 0. The standard InChI is InChI=1S/C35H42N6O7/c1-21(42)40(19-28(30(43)44)38-32(46)48-20-35-15-23-12-24(16-35)14-25(13-23)17-35)41-31(45)34(2,27-10-8-26(9-11-27)29(36)37)39(33(41)47)18-22-6-4-3-5-7-22/h3-11,23-25,28H,12-20H2,1-2H3,(H3,36,37)(H,38,46)(H,43,44)/t23?,24?,25?,28-,34-,35?/m0/s1. The highest BCUT2D eigenvalue weighted by Gasteiger charge is 2.58. The molecule has 2 aromatic rings.